The molecule has 0 radical (unpaired) electrons. The van der Waals surface area contributed by atoms with Crippen LogP contribution in [0.3, 0.4) is 0 Å². The van der Waals surface area contributed by atoms with Crippen molar-refractivity contribution in [2.45, 2.75) is 12.5 Å². The molecule has 13 heavy (non-hydrogen) atoms. The summed E-state index contributed by atoms with van der Waals surface area (Å²) < 4.78 is 0. The van der Waals surface area contributed by atoms with E-state index in [1.165, 1.54) is 0 Å². The summed E-state index contributed by atoms with van der Waals surface area (Å²) in [5, 5.41) is 8.58. The SMILES string of the molecule is NCCNN[C@@H](CC(N)=O)C(=O)O. The number of amides is 1. The number of hydrazine groups is 1. The Labute approximate surface area is 75.4 Å². The van der Waals surface area contributed by atoms with E-state index < -0.39 is 17.9 Å². The van der Waals surface area contributed by atoms with Gasteiger partial charge in [0.2, 0.25) is 5.91 Å². The molecular formula is C6H14N4O3. The first-order valence-corrected chi connectivity index (χ1v) is 3.77. The van der Waals surface area contributed by atoms with Crippen LogP contribution >= 0.6 is 0 Å². The van der Waals surface area contributed by atoms with Gasteiger partial charge in [0.05, 0.1) is 6.42 Å². The van der Waals surface area contributed by atoms with E-state index in [0.717, 1.165) is 0 Å². The molecule has 1 atom stereocenters. The fourth-order valence-corrected chi connectivity index (χ4v) is 0.669. The molecule has 0 bridgehead atoms. The van der Waals surface area contributed by atoms with E-state index in [-0.39, 0.29) is 6.42 Å². The standard InChI is InChI=1S/C6H14N4O3/c7-1-2-9-10-4(6(12)13)3-5(8)11/h4,9-10H,1-3,7H2,(H2,8,11)(H,12,13)/t4-/m0/s1. The number of primary amides is 1. The Morgan fingerprint density at radius 3 is 2.46 bits per heavy atom. The number of rotatable bonds is 7. The molecule has 0 aromatic heterocycles. The zero-order valence-corrected chi connectivity index (χ0v) is 7.12. The highest BCUT2D eigenvalue weighted by molar-refractivity contribution is 5.83. The van der Waals surface area contributed by atoms with Crippen LogP contribution in [0.2, 0.25) is 0 Å². The Morgan fingerprint density at radius 2 is 2.08 bits per heavy atom. The first kappa shape index (κ1) is 11.8. The van der Waals surface area contributed by atoms with E-state index in [0.29, 0.717) is 13.1 Å². The van der Waals surface area contributed by atoms with Gasteiger partial charge < -0.3 is 16.6 Å². The third-order valence-corrected chi connectivity index (χ3v) is 1.25. The normalized spacial score (nSPS) is 12.4. The van der Waals surface area contributed by atoms with E-state index in [9.17, 15) is 9.59 Å². The number of carbonyl (C=O) groups is 2. The number of aliphatic carboxylic acids is 1. The number of carbonyl (C=O) groups excluding carboxylic acids is 1. The van der Waals surface area contributed by atoms with Crippen molar-refractivity contribution in [1.29, 1.82) is 0 Å². The number of nitrogens with one attached hydrogen (secondary N) is 2. The van der Waals surface area contributed by atoms with Gasteiger partial charge in [0.15, 0.2) is 0 Å². The van der Waals surface area contributed by atoms with Gasteiger partial charge in [-0.25, -0.2) is 5.43 Å². The lowest BCUT2D eigenvalue weighted by atomic mass is 10.2. The number of hydrogen-bond donors (Lipinski definition) is 5. The molecule has 0 saturated heterocycles. The maximum absolute atomic E-state index is 10.5. The van der Waals surface area contributed by atoms with Gasteiger partial charge in [-0.2, -0.15) is 0 Å². The Morgan fingerprint density at radius 1 is 1.46 bits per heavy atom. The molecule has 0 aromatic rings. The highest BCUT2D eigenvalue weighted by Gasteiger charge is 2.18. The largest absolute Gasteiger partial charge is 0.480 e. The molecule has 1 amide bonds. The molecule has 0 aliphatic carbocycles. The number of carboxylic acids is 1. The van der Waals surface area contributed by atoms with E-state index in [1.54, 1.807) is 0 Å². The lowest BCUT2D eigenvalue weighted by molar-refractivity contribution is -0.141. The third kappa shape index (κ3) is 6.02. The van der Waals surface area contributed by atoms with Crippen LogP contribution in [0.4, 0.5) is 0 Å². The summed E-state index contributed by atoms with van der Waals surface area (Å²) in [5.74, 6) is -1.81. The van der Waals surface area contributed by atoms with Crippen LogP contribution in [0, 0.1) is 0 Å². The van der Waals surface area contributed by atoms with E-state index in [1.807, 2.05) is 0 Å². The molecule has 7 heteroatoms. The monoisotopic (exact) mass is 190 g/mol. The summed E-state index contributed by atoms with van der Waals surface area (Å²) in [6.07, 6.45) is -0.257. The average Bonchev–Trinajstić information content (AvgIpc) is 2.02. The van der Waals surface area contributed by atoms with Gasteiger partial charge in [-0.15, -0.1) is 0 Å². The van der Waals surface area contributed by atoms with Crippen molar-refractivity contribution in [3.63, 3.8) is 0 Å². The van der Waals surface area contributed by atoms with Gasteiger partial charge in [-0.3, -0.25) is 15.0 Å². The smallest absolute Gasteiger partial charge is 0.322 e. The second-order valence-electron chi connectivity index (χ2n) is 2.42. The number of hydrogen-bond acceptors (Lipinski definition) is 5. The molecule has 0 heterocycles. The first-order valence-electron chi connectivity index (χ1n) is 3.77. The van der Waals surface area contributed by atoms with Gasteiger partial charge in [0, 0.05) is 13.1 Å². The summed E-state index contributed by atoms with van der Waals surface area (Å²) >= 11 is 0. The van der Waals surface area contributed by atoms with Crippen molar-refractivity contribution >= 4 is 11.9 Å². The Kier molecular flexibility index (Phi) is 5.77. The van der Waals surface area contributed by atoms with Crippen LogP contribution in [0.15, 0.2) is 0 Å². The molecule has 0 rings (SSSR count). The predicted octanol–water partition coefficient (Wildman–Crippen LogP) is -2.63. The Hall–Kier alpha value is -1.18. The zero-order chi connectivity index (χ0) is 10.3. The Balaban J connectivity index is 3.81. The lowest BCUT2D eigenvalue weighted by Crippen LogP contribution is -2.48. The second-order valence-corrected chi connectivity index (χ2v) is 2.42. The van der Waals surface area contributed by atoms with Crippen molar-refractivity contribution in [2.24, 2.45) is 11.5 Å². The number of carboxylic acid groups (broad SMARTS) is 1. The Bertz CT molecular complexity index is 185. The van der Waals surface area contributed by atoms with Gasteiger partial charge in [-0.1, -0.05) is 0 Å². The molecular weight excluding hydrogens is 176 g/mol. The fourth-order valence-electron chi connectivity index (χ4n) is 0.669. The molecule has 0 saturated carbocycles. The molecule has 0 unspecified atom stereocenters. The van der Waals surface area contributed by atoms with Gasteiger partial charge in [0.1, 0.15) is 6.04 Å². The summed E-state index contributed by atoms with van der Waals surface area (Å²) in [6, 6.07) is -1.01. The van der Waals surface area contributed by atoms with Gasteiger partial charge in [0.25, 0.3) is 0 Å². The lowest BCUT2D eigenvalue weighted by Gasteiger charge is -2.12. The molecule has 76 valence electrons. The third-order valence-electron chi connectivity index (χ3n) is 1.25. The van der Waals surface area contributed by atoms with Crippen LogP contribution in [0.25, 0.3) is 0 Å². The first-order chi connectivity index (χ1) is 6.07. The van der Waals surface area contributed by atoms with Crippen molar-refractivity contribution in [1.82, 2.24) is 10.9 Å². The van der Waals surface area contributed by atoms with Crippen molar-refractivity contribution in [3.8, 4) is 0 Å². The van der Waals surface area contributed by atoms with Gasteiger partial charge in [-0.05, 0) is 0 Å². The molecule has 0 fully saturated rings. The van der Waals surface area contributed by atoms with E-state index in [4.69, 9.17) is 16.6 Å². The molecule has 0 aliphatic rings. The average molecular weight is 190 g/mol. The topological polar surface area (TPSA) is 130 Å². The molecule has 0 aliphatic heterocycles. The highest BCUT2D eigenvalue weighted by atomic mass is 16.4. The molecule has 0 spiro atoms. The van der Waals surface area contributed by atoms with Crippen LogP contribution in [0.1, 0.15) is 6.42 Å². The van der Waals surface area contributed by atoms with Gasteiger partial charge >= 0.3 is 5.97 Å². The maximum Gasteiger partial charge on any atom is 0.322 e. The minimum atomic E-state index is -1.14. The summed E-state index contributed by atoms with van der Waals surface area (Å²) in [5.41, 5.74) is 15.0. The second kappa shape index (κ2) is 6.35. The zero-order valence-electron chi connectivity index (χ0n) is 7.12. The van der Waals surface area contributed by atoms with Crippen molar-refractivity contribution in [2.75, 3.05) is 13.1 Å². The van der Waals surface area contributed by atoms with Crippen LogP contribution in [0.5, 0.6) is 0 Å². The minimum Gasteiger partial charge on any atom is -0.480 e. The van der Waals surface area contributed by atoms with Crippen LogP contribution in [-0.4, -0.2) is 36.1 Å². The minimum absolute atomic E-state index is 0.257. The molecule has 7 nitrogen and oxygen atoms in total. The summed E-state index contributed by atoms with van der Waals surface area (Å²) in [7, 11) is 0. The quantitative estimate of drug-likeness (QED) is 0.220. The van der Waals surface area contributed by atoms with Crippen LogP contribution in [-0.2, 0) is 9.59 Å². The van der Waals surface area contributed by atoms with E-state index in [2.05, 4.69) is 10.9 Å². The van der Waals surface area contributed by atoms with E-state index >= 15 is 0 Å². The highest BCUT2D eigenvalue weighted by Crippen LogP contribution is 1.88. The predicted molar refractivity (Wildman–Crippen MR) is 45.4 cm³/mol. The fraction of sp³-hybridized carbons (Fsp3) is 0.667. The van der Waals surface area contributed by atoms with Crippen LogP contribution < -0.4 is 22.3 Å². The molecule has 7 N–H and O–H groups in total. The molecule has 0 aromatic carbocycles. The van der Waals surface area contributed by atoms with Crippen molar-refractivity contribution in [3.05, 3.63) is 0 Å². The maximum atomic E-state index is 10.5. The summed E-state index contributed by atoms with van der Waals surface area (Å²) in [6.45, 7) is 0.790. The number of nitrogens with two attached hydrogens (primary N) is 2. The van der Waals surface area contributed by atoms with Crippen molar-refractivity contribution < 1.29 is 14.7 Å². The summed E-state index contributed by atoms with van der Waals surface area (Å²) in [4.78, 5) is 20.9.